The predicted molar refractivity (Wildman–Crippen MR) is 106 cm³/mol. The Balaban J connectivity index is 0.00000225. The van der Waals surface area contributed by atoms with Crippen molar-refractivity contribution in [1.29, 1.82) is 0 Å². The molecule has 0 spiro atoms. The summed E-state index contributed by atoms with van der Waals surface area (Å²) in [5.74, 6) is 0.0101. The SMILES string of the molecule is Cl.O=C(c1cn(Cc2ccccc2)nn1)N1CCCC(N2CCNCC2=O)C1. The van der Waals surface area contributed by atoms with Crippen molar-refractivity contribution in [2.24, 2.45) is 0 Å². The monoisotopic (exact) mass is 404 g/mol. The highest BCUT2D eigenvalue weighted by Gasteiger charge is 2.32. The average Bonchev–Trinajstić information content (AvgIpc) is 3.17. The Morgan fingerprint density at radius 1 is 1.21 bits per heavy atom. The zero-order valence-electron chi connectivity index (χ0n) is 15.7. The number of halogens is 1. The molecule has 1 unspecified atom stereocenters. The highest BCUT2D eigenvalue weighted by atomic mass is 35.5. The van der Waals surface area contributed by atoms with E-state index in [1.54, 1.807) is 15.8 Å². The Bertz CT molecular complexity index is 812. The molecule has 9 heteroatoms. The Labute approximate surface area is 170 Å². The van der Waals surface area contributed by atoms with E-state index in [0.717, 1.165) is 24.9 Å². The molecule has 1 N–H and O–H groups in total. The van der Waals surface area contributed by atoms with Gasteiger partial charge in [-0.25, -0.2) is 4.68 Å². The molecule has 2 saturated heterocycles. The van der Waals surface area contributed by atoms with E-state index < -0.39 is 0 Å². The van der Waals surface area contributed by atoms with Crippen molar-refractivity contribution >= 4 is 24.2 Å². The smallest absolute Gasteiger partial charge is 0.276 e. The molecule has 0 aliphatic carbocycles. The molecule has 2 amide bonds. The normalized spacial score (nSPS) is 20.0. The summed E-state index contributed by atoms with van der Waals surface area (Å²) in [5.41, 5.74) is 1.47. The topological polar surface area (TPSA) is 83.4 Å². The Morgan fingerprint density at radius 3 is 2.82 bits per heavy atom. The lowest BCUT2D eigenvalue weighted by Gasteiger charge is -2.40. The molecular weight excluding hydrogens is 380 g/mol. The largest absolute Gasteiger partial charge is 0.336 e. The van der Waals surface area contributed by atoms with Gasteiger partial charge >= 0.3 is 0 Å². The van der Waals surface area contributed by atoms with Crippen molar-refractivity contribution in [2.75, 3.05) is 32.7 Å². The maximum absolute atomic E-state index is 12.9. The first-order valence-electron chi connectivity index (χ1n) is 9.44. The van der Waals surface area contributed by atoms with E-state index in [9.17, 15) is 9.59 Å². The molecule has 8 nitrogen and oxygen atoms in total. The van der Waals surface area contributed by atoms with Gasteiger partial charge in [-0.1, -0.05) is 35.5 Å². The van der Waals surface area contributed by atoms with E-state index in [-0.39, 0.29) is 30.3 Å². The number of piperidine rings is 1. The molecule has 2 aromatic rings. The number of amides is 2. The van der Waals surface area contributed by atoms with Gasteiger partial charge in [0.2, 0.25) is 5.91 Å². The summed E-state index contributed by atoms with van der Waals surface area (Å²) in [6, 6.07) is 10.0. The van der Waals surface area contributed by atoms with Gasteiger partial charge in [0.05, 0.1) is 19.3 Å². The second-order valence-electron chi connectivity index (χ2n) is 7.10. The Hall–Kier alpha value is -2.45. The molecule has 0 saturated carbocycles. The van der Waals surface area contributed by atoms with Crippen molar-refractivity contribution in [3.05, 3.63) is 47.8 Å². The number of piperazine rings is 1. The minimum Gasteiger partial charge on any atom is -0.336 e. The van der Waals surface area contributed by atoms with Gasteiger partial charge in [-0.15, -0.1) is 17.5 Å². The fourth-order valence-corrected chi connectivity index (χ4v) is 3.81. The number of aromatic nitrogens is 3. The zero-order chi connectivity index (χ0) is 18.6. The van der Waals surface area contributed by atoms with Gasteiger partial charge in [-0.05, 0) is 18.4 Å². The molecule has 1 aromatic carbocycles. The number of rotatable bonds is 4. The number of carbonyl (C=O) groups excluding carboxylic acids is 2. The van der Waals surface area contributed by atoms with E-state index >= 15 is 0 Å². The van der Waals surface area contributed by atoms with Crippen molar-refractivity contribution in [3.63, 3.8) is 0 Å². The van der Waals surface area contributed by atoms with Gasteiger partial charge in [-0.2, -0.15) is 0 Å². The van der Waals surface area contributed by atoms with Crippen LogP contribution in [0.2, 0.25) is 0 Å². The van der Waals surface area contributed by atoms with Crippen LogP contribution in [-0.2, 0) is 11.3 Å². The summed E-state index contributed by atoms with van der Waals surface area (Å²) in [7, 11) is 0. The summed E-state index contributed by atoms with van der Waals surface area (Å²) in [4.78, 5) is 28.7. The minimum atomic E-state index is -0.110. The van der Waals surface area contributed by atoms with Crippen LogP contribution in [-0.4, -0.2) is 75.4 Å². The van der Waals surface area contributed by atoms with Crippen molar-refractivity contribution in [1.82, 2.24) is 30.1 Å². The lowest BCUT2D eigenvalue weighted by molar-refractivity contribution is -0.135. The number of likely N-dealkylation sites (tertiary alicyclic amines) is 1. The molecule has 4 rings (SSSR count). The summed E-state index contributed by atoms with van der Waals surface area (Å²) >= 11 is 0. The van der Waals surface area contributed by atoms with Crippen LogP contribution in [0.25, 0.3) is 0 Å². The first-order valence-corrected chi connectivity index (χ1v) is 9.44. The van der Waals surface area contributed by atoms with Crippen molar-refractivity contribution < 1.29 is 9.59 Å². The second kappa shape index (κ2) is 9.16. The van der Waals surface area contributed by atoms with Crippen LogP contribution < -0.4 is 5.32 Å². The predicted octanol–water partition coefficient (Wildman–Crippen LogP) is 0.785. The van der Waals surface area contributed by atoms with Gasteiger partial charge in [0, 0.05) is 32.2 Å². The Kier molecular flexibility index (Phi) is 6.64. The third-order valence-corrected chi connectivity index (χ3v) is 5.20. The molecule has 2 aliphatic rings. The molecule has 150 valence electrons. The van der Waals surface area contributed by atoms with Crippen LogP contribution in [0.5, 0.6) is 0 Å². The third-order valence-electron chi connectivity index (χ3n) is 5.20. The highest BCUT2D eigenvalue weighted by Crippen LogP contribution is 2.18. The summed E-state index contributed by atoms with van der Waals surface area (Å²) in [6.45, 7) is 3.75. The number of hydrogen-bond donors (Lipinski definition) is 1. The maximum Gasteiger partial charge on any atom is 0.276 e. The first-order chi connectivity index (χ1) is 13.2. The van der Waals surface area contributed by atoms with Crippen molar-refractivity contribution in [2.45, 2.75) is 25.4 Å². The number of hydrogen-bond acceptors (Lipinski definition) is 5. The van der Waals surface area contributed by atoms with E-state index in [2.05, 4.69) is 15.6 Å². The Morgan fingerprint density at radius 2 is 2.04 bits per heavy atom. The molecule has 2 fully saturated rings. The number of benzene rings is 1. The van der Waals surface area contributed by atoms with Gasteiger partial charge in [0.1, 0.15) is 0 Å². The van der Waals surface area contributed by atoms with E-state index in [1.807, 2.05) is 35.2 Å². The maximum atomic E-state index is 12.9. The molecule has 1 aromatic heterocycles. The van der Waals surface area contributed by atoms with Crippen LogP contribution >= 0.6 is 12.4 Å². The quantitative estimate of drug-likeness (QED) is 0.814. The van der Waals surface area contributed by atoms with Gasteiger partial charge in [0.15, 0.2) is 5.69 Å². The number of carbonyl (C=O) groups is 2. The molecule has 0 radical (unpaired) electrons. The molecule has 1 atom stereocenters. The second-order valence-corrected chi connectivity index (χ2v) is 7.10. The number of nitrogens with one attached hydrogen (secondary N) is 1. The van der Waals surface area contributed by atoms with Crippen molar-refractivity contribution in [3.8, 4) is 0 Å². The summed E-state index contributed by atoms with van der Waals surface area (Å²) < 4.78 is 1.68. The van der Waals surface area contributed by atoms with Gasteiger partial charge < -0.3 is 15.1 Å². The van der Waals surface area contributed by atoms with Crippen LogP contribution in [0.1, 0.15) is 28.9 Å². The average molecular weight is 405 g/mol. The van der Waals surface area contributed by atoms with Crippen LogP contribution in [0, 0.1) is 0 Å². The van der Waals surface area contributed by atoms with Gasteiger partial charge in [-0.3, -0.25) is 9.59 Å². The van der Waals surface area contributed by atoms with E-state index in [1.165, 1.54) is 0 Å². The van der Waals surface area contributed by atoms with E-state index in [0.29, 0.717) is 38.4 Å². The summed E-state index contributed by atoms with van der Waals surface area (Å²) in [5, 5.41) is 11.3. The van der Waals surface area contributed by atoms with Gasteiger partial charge in [0.25, 0.3) is 5.91 Å². The molecule has 0 bridgehead atoms. The van der Waals surface area contributed by atoms with Crippen LogP contribution in [0.3, 0.4) is 0 Å². The number of nitrogens with zero attached hydrogens (tertiary/aromatic N) is 5. The third kappa shape index (κ3) is 4.51. The minimum absolute atomic E-state index is 0. The molecular formula is C19H25ClN6O2. The highest BCUT2D eigenvalue weighted by molar-refractivity contribution is 5.92. The lowest BCUT2D eigenvalue weighted by atomic mass is 10.0. The molecule has 3 heterocycles. The standard InChI is InChI=1S/C19H24N6O2.ClH/c26-18-11-20-8-10-25(18)16-7-4-9-23(13-16)19(27)17-14-24(22-21-17)12-15-5-2-1-3-6-15;/h1-3,5-6,14,16,20H,4,7-13H2;1H. The first kappa shape index (κ1) is 20.3. The molecule has 2 aliphatic heterocycles. The zero-order valence-corrected chi connectivity index (χ0v) is 16.5. The lowest BCUT2D eigenvalue weighted by Crippen LogP contribution is -2.57. The molecule has 28 heavy (non-hydrogen) atoms. The fraction of sp³-hybridized carbons (Fsp3) is 0.474. The van der Waals surface area contributed by atoms with E-state index in [4.69, 9.17) is 0 Å². The van der Waals surface area contributed by atoms with Crippen LogP contribution in [0.15, 0.2) is 36.5 Å². The van der Waals surface area contributed by atoms with Crippen LogP contribution in [0.4, 0.5) is 0 Å². The fourth-order valence-electron chi connectivity index (χ4n) is 3.81. The summed E-state index contributed by atoms with van der Waals surface area (Å²) in [6.07, 6.45) is 3.54.